The summed E-state index contributed by atoms with van der Waals surface area (Å²) in [6.07, 6.45) is 0.790. The summed E-state index contributed by atoms with van der Waals surface area (Å²) in [5.41, 5.74) is 5.11. The van der Waals surface area contributed by atoms with E-state index in [4.69, 9.17) is 5.10 Å². The number of benzene rings is 1. The Morgan fingerprint density at radius 2 is 2.00 bits per heavy atom. The average molecular weight is 402 g/mol. The summed E-state index contributed by atoms with van der Waals surface area (Å²) >= 11 is 1.76. The first-order valence-electron chi connectivity index (χ1n) is 9.37. The number of nitrogens with one attached hydrogen (secondary N) is 2. The first-order chi connectivity index (χ1) is 13.4. The van der Waals surface area contributed by atoms with Crippen LogP contribution in [0, 0.1) is 13.8 Å². The molecule has 2 aromatic rings. The van der Waals surface area contributed by atoms with Crippen molar-refractivity contribution in [1.82, 2.24) is 20.0 Å². The summed E-state index contributed by atoms with van der Waals surface area (Å²) in [5, 5.41) is 10.2. The Hall–Kier alpha value is -2.32. The third-order valence-electron chi connectivity index (χ3n) is 4.64. The quantitative estimate of drug-likeness (QED) is 0.573. The third kappa shape index (κ3) is 4.56. The van der Waals surface area contributed by atoms with Gasteiger partial charge >= 0.3 is 11.8 Å². The number of rotatable bonds is 6. The van der Waals surface area contributed by atoms with Crippen molar-refractivity contribution < 1.29 is 9.59 Å². The Balaban J connectivity index is 1.78. The summed E-state index contributed by atoms with van der Waals surface area (Å²) in [6.45, 7) is 5.38. The van der Waals surface area contributed by atoms with Gasteiger partial charge in [0, 0.05) is 23.6 Å². The lowest BCUT2D eigenvalue weighted by atomic mass is 10.1. The monoisotopic (exact) mass is 401 g/mol. The number of aromatic nitrogens is 2. The van der Waals surface area contributed by atoms with Crippen LogP contribution in [0.3, 0.4) is 0 Å². The van der Waals surface area contributed by atoms with E-state index in [1.165, 1.54) is 5.56 Å². The van der Waals surface area contributed by atoms with Gasteiger partial charge in [-0.2, -0.15) is 16.9 Å². The van der Waals surface area contributed by atoms with Crippen molar-refractivity contribution >= 4 is 29.4 Å². The van der Waals surface area contributed by atoms with Gasteiger partial charge in [-0.05, 0) is 52.5 Å². The minimum Gasteiger partial charge on any atom is -0.348 e. The number of carbonyl (C=O) groups is 2. The van der Waals surface area contributed by atoms with E-state index in [0.29, 0.717) is 12.4 Å². The van der Waals surface area contributed by atoms with Crippen molar-refractivity contribution in [3.8, 4) is 5.69 Å². The Labute approximate surface area is 169 Å². The molecule has 7 nitrogen and oxygen atoms in total. The maximum atomic E-state index is 12.5. The summed E-state index contributed by atoms with van der Waals surface area (Å²) in [5.74, 6) is 0.912. The summed E-state index contributed by atoms with van der Waals surface area (Å²) in [6, 6.07) is 6.10. The molecule has 0 atom stereocenters. The van der Waals surface area contributed by atoms with Gasteiger partial charge in [0.2, 0.25) is 0 Å². The van der Waals surface area contributed by atoms with Crippen LogP contribution in [-0.2, 0) is 21.1 Å². The minimum atomic E-state index is -0.657. The van der Waals surface area contributed by atoms with Gasteiger partial charge < -0.3 is 15.5 Å². The van der Waals surface area contributed by atoms with E-state index in [0.717, 1.165) is 47.0 Å². The number of thioether (sulfide) groups is 1. The topological polar surface area (TPSA) is 79.3 Å². The maximum Gasteiger partial charge on any atom is 0.314 e. The van der Waals surface area contributed by atoms with E-state index in [9.17, 15) is 9.59 Å². The van der Waals surface area contributed by atoms with Crippen molar-refractivity contribution in [2.75, 3.05) is 32.5 Å². The van der Waals surface area contributed by atoms with Crippen LogP contribution in [-0.4, -0.2) is 53.7 Å². The lowest BCUT2D eigenvalue weighted by molar-refractivity contribution is -0.136. The average Bonchev–Trinajstić information content (AvgIpc) is 3.21. The molecule has 0 fully saturated rings. The highest BCUT2D eigenvalue weighted by Crippen LogP contribution is 2.36. The maximum absolute atomic E-state index is 12.5. The molecule has 0 saturated carbocycles. The molecule has 150 valence electrons. The van der Waals surface area contributed by atoms with Crippen molar-refractivity contribution in [1.29, 1.82) is 0 Å². The minimum absolute atomic E-state index is 0.467. The number of hydrogen-bond donors (Lipinski definition) is 2. The van der Waals surface area contributed by atoms with Crippen molar-refractivity contribution in [3.05, 3.63) is 40.6 Å². The van der Waals surface area contributed by atoms with Crippen LogP contribution in [0.1, 0.15) is 28.8 Å². The Morgan fingerprint density at radius 1 is 1.21 bits per heavy atom. The van der Waals surface area contributed by atoms with Crippen LogP contribution in [0.25, 0.3) is 5.69 Å². The van der Waals surface area contributed by atoms with Crippen LogP contribution >= 0.6 is 11.8 Å². The van der Waals surface area contributed by atoms with E-state index in [-0.39, 0.29) is 0 Å². The summed E-state index contributed by atoms with van der Waals surface area (Å²) in [7, 11) is 3.95. The summed E-state index contributed by atoms with van der Waals surface area (Å²) in [4.78, 5) is 26.7. The van der Waals surface area contributed by atoms with Crippen LogP contribution in [0.5, 0.6) is 0 Å². The largest absolute Gasteiger partial charge is 0.348 e. The zero-order chi connectivity index (χ0) is 20.3. The van der Waals surface area contributed by atoms with Gasteiger partial charge in [-0.15, -0.1) is 0 Å². The second-order valence-corrected chi connectivity index (χ2v) is 8.32. The van der Waals surface area contributed by atoms with Gasteiger partial charge in [-0.1, -0.05) is 17.7 Å². The lowest BCUT2D eigenvalue weighted by Crippen LogP contribution is -2.37. The predicted molar refractivity (Wildman–Crippen MR) is 113 cm³/mol. The molecule has 8 heteroatoms. The van der Waals surface area contributed by atoms with Crippen LogP contribution in [0.15, 0.2) is 18.2 Å². The normalized spacial score (nSPS) is 12.9. The molecule has 2 heterocycles. The van der Waals surface area contributed by atoms with E-state index in [2.05, 4.69) is 16.7 Å². The Bertz CT molecular complexity index is 891. The highest BCUT2D eigenvalue weighted by molar-refractivity contribution is 7.98. The van der Waals surface area contributed by atoms with E-state index >= 15 is 0 Å². The Morgan fingerprint density at radius 3 is 2.71 bits per heavy atom. The molecule has 0 spiro atoms. The number of carbonyl (C=O) groups excluding carboxylic acids is 2. The number of aryl methyl sites for hydroxylation is 2. The first-order valence-corrected chi connectivity index (χ1v) is 10.5. The molecule has 2 amide bonds. The van der Waals surface area contributed by atoms with Crippen LogP contribution in [0.4, 0.5) is 5.82 Å². The molecule has 1 aromatic carbocycles. The predicted octanol–water partition coefficient (Wildman–Crippen LogP) is 2.24. The number of anilines is 1. The van der Waals surface area contributed by atoms with Gasteiger partial charge in [-0.3, -0.25) is 9.59 Å². The molecule has 1 aliphatic heterocycles. The summed E-state index contributed by atoms with van der Waals surface area (Å²) < 4.78 is 1.76. The lowest BCUT2D eigenvalue weighted by Gasteiger charge is -2.14. The highest BCUT2D eigenvalue weighted by Gasteiger charge is 2.26. The zero-order valence-electron chi connectivity index (χ0n) is 16.8. The van der Waals surface area contributed by atoms with Gasteiger partial charge in [0.15, 0.2) is 0 Å². The third-order valence-corrected chi connectivity index (χ3v) is 5.61. The van der Waals surface area contributed by atoms with Gasteiger partial charge in [-0.25, -0.2) is 4.68 Å². The number of hydrogen-bond acceptors (Lipinski definition) is 5. The fourth-order valence-electron chi connectivity index (χ4n) is 3.20. The molecular weight excluding hydrogens is 374 g/mol. The molecule has 1 aromatic heterocycles. The number of amides is 2. The second-order valence-electron chi connectivity index (χ2n) is 7.34. The molecule has 2 N–H and O–H groups in total. The molecule has 0 saturated heterocycles. The zero-order valence-corrected chi connectivity index (χ0v) is 17.7. The van der Waals surface area contributed by atoms with Crippen molar-refractivity contribution in [2.24, 2.45) is 0 Å². The first kappa shape index (κ1) is 20.4. The van der Waals surface area contributed by atoms with E-state index in [1.54, 1.807) is 16.4 Å². The molecule has 0 bridgehead atoms. The van der Waals surface area contributed by atoms with Gasteiger partial charge in [0.1, 0.15) is 5.82 Å². The molecular formula is C20H27N5O2S. The fraction of sp³-hybridized carbons (Fsp3) is 0.450. The molecule has 28 heavy (non-hydrogen) atoms. The molecule has 1 aliphatic rings. The Kier molecular flexibility index (Phi) is 6.41. The number of nitrogens with zero attached hydrogens (tertiary/aromatic N) is 3. The fourth-order valence-corrected chi connectivity index (χ4v) is 4.24. The van der Waals surface area contributed by atoms with E-state index in [1.807, 2.05) is 45.0 Å². The van der Waals surface area contributed by atoms with Gasteiger partial charge in [0.05, 0.1) is 11.4 Å². The standard InChI is InChI=1S/C20H27N5O2S/c1-13-6-7-17(14(2)10-13)25-18(15-11-28-12-16(15)23-25)22-20(27)19(26)21-8-5-9-24(3)4/h6-7,10H,5,8-9,11-12H2,1-4H3,(H,21,26)(H,22,27). The second kappa shape index (κ2) is 8.79. The van der Waals surface area contributed by atoms with Crippen LogP contribution in [0.2, 0.25) is 0 Å². The number of fused-ring (bicyclic) bond motifs is 1. The smallest absolute Gasteiger partial charge is 0.314 e. The van der Waals surface area contributed by atoms with E-state index < -0.39 is 11.8 Å². The van der Waals surface area contributed by atoms with Crippen molar-refractivity contribution in [2.45, 2.75) is 31.8 Å². The van der Waals surface area contributed by atoms with Crippen molar-refractivity contribution in [3.63, 3.8) is 0 Å². The molecule has 0 unspecified atom stereocenters. The SMILES string of the molecule is Cc1ccc(-n2nc3c(c2NC(=O)C(=O)NCCCN(C)C)CSC3)c(C)c1. The van der Waals surface area contributed by atoms with Gasteiger partial charge in [0.25, 0.3) is 0 Å². The highest BCUT2D eigenvalue weighted by atomic mass is 32.2. The molecule has 0 radical (unpaired) electrons. The molecule has 0 aliphatic carbocycles. The van der Waals surface area contributed by atoms with Crippen LogP contribution < -0.4 is 10.6 Å². The molecule has 3 rings (SSSR count).